The Hall–Kier alpha value is -2.93. The number of benzene rings is 3. The van der Waals surface area contributed by atoms with Gasteiger partial charge in [-0.25, -0.2) is 0 Å². The third-order valence-electron chi connectivity index (χ3n) is 5.70. The number of nitrogens with one attached hydrogen (secondary N) is 2. The molecule has 1 aliphatic rings. The molecular formula is C26H23Cl3N2O4. The Morgan fingerprint density at radius 1 is 1.00 bits per heavy atom. The average molecular weight is 534 g/mol. The van der Waals surface area contributed by atoms with Crippen LogP contribution in [0.15, 0.2) is 54.6 Å². The lowest BCUT2D eigenvalue weighted by Gasteiger charge is -2.15. The quantitative estimate of drug-likeness (QED) is 0.385. The molecule has 1 aliphatic heterocycles. The third-order valence-corrected chi connectivity index (χ3v) is 6.51. The number of fused-ring (bicyclic) bond motifs is 1. The zero-order chi connectivity index (χ0) is 24.9. The van der Waals surface area contributed by atoms with Crippen molar-refractivity contribution in [2.24, 2.45) is 0 Å². The highest BCUT2D eigenvalue weighted by atomic mass is 35.5. The maximum Gasteiger partial charge on any atom is 0.251 e. The second kappa shape index (κ2) is 11.2. The highest BCUT2D eigenvalue weighted by Gasteiger charge is 2.33. The van der Waals surface area contributed by atoms with Crippen LogP contribution in [0.5, 0.6) is 11.5 Å². The molecule has 9 heteroatoms. The van der Waals surface area contributed by atoms with Gasteiger partial charge in [-0.2, -0.15) is 0 Å². The van der Waals surface area contributed by atoms with Crippen LogP contribution in [0, 0.1) is 0 Å². The zero-order valence-corrected chi connectivity index (χ0v) is 21.1. The van der Waals surface area contributed by atoms with Gasteiger partial charge in [-0.05, 0) is 47.5 Å². The summed E-state index contributed by atoms with van der Waals surface area (Å²) in [5, 5.41) is 7.36. The van der Waals surface area contributed by atoms with Crippen molar-refractivity contribution in [3.05, 3.63) is 91.9 Å². The van der Waals surface area contributed by atoms with Crippen LogP contribution in [0.25, 0.3) is 0 Å². The monoisotopic (exact) mass is 532 g/mol. The fraction of sp³-hybridized carbons (Fsp3) is 0.231. The Balaban J connectivity index is 1.49. The minimum absolute atomic E-state index is 0.148. The van der Waals surface area contributed by atoms with Crippen molar-refractivity contribution in [3.8, 4) is 11.5 Å². The largest absolute Gasteiger partial charge is 0.493 e. The van der Waals surface area contributed by atoms with Gasteiger partial charge in [0, 0.05) is 51.6 Å². The second-order valence-electron chi connectivity index (χ2n) is 8.10. The molecule has 35 heavy (non-hydrogen) atoms. The molecule has 0 bridgehead atoms. The summed E-state index contributed by atoms with van der Waals surface area (Å²) in [7, 11) is 1.53. The van der Waals surface area contributed by atoms with E-state index >= 15 is 0 Å². The Bertz CT molecular complexity index is 1250. The highest BCUT2D eigenvalue weighted by Crippen LogP contribution is 2.44. The molecule has 0 fully saturated rings. The molecule has 182 valence electrons. The van der Waals surface area contributed by atoms with E-state index in [0.717, 1.165) is 11.1 Å². The molecule has 1 unspecified atom stereocenters. The van der Waals surface area contributed by atoms with Crippen LogP contribution < -0.4 is 20.1 Å². The molecule has 0 saturated carbocycles. The topological polar surface area (TPSA) is 76.7 Å². The van der Waals surface area contributed by atoms with E-state index in [9.17, 15) is 9.59 Å². The van der Waals surface area contributed by atoms with E-state index in [1.165, 1.54) is 7.11 Å². The SMILES string of the molecule is COc1ccc(C(=O)NCc2cc(Cl)cc(Cl)c2)c2c1OCC2CC(=O)NCc1ccccc1Cl. The minimum Gasteiger partial charge on any atom is -0.493 e. The summed E-state index contributed by atoms with van der Waals surface area (Å²) < 4.78 is 11.3. The van der Waals surface area contributed by atoms with E-state index in [0.29, 0.717) is 44.2 Å². The van der Waals surface area contributed by atoms with E-state index in [1.807, 2.05) is 18.2 Å². The number of amides is 2. The number of halogens is 3. The van der Waals surface area contributed by atoms with E-state index in [4.69, 9.17) is 44.3 Å². The summed E-state index contributed by atoms with van der Waals surface area (Å²) in [6, 6.07) is 15.8. The van der Waals surface area contributed by atoms with Crippen molar-refractivity contribution in [2.75, 3.05) is 13.7 Å². The fourth-order valence-corrected chi connectivity index (χ4v) is 4.82. The molecule has 0 radical (unpaired) electrons. The molecule has 4 rings (SSSR count). The molecule has 0 spiro atoms. The number of carbonyl (C=O) groups excluding carboxylic acids is 2. The number of rotatable bonds is 8. The van der Waals surface area contributed by atoms with Crippen LogP contribution in [0.3, 0.4) is 0 Å². The highest BCUT2D eigenvalue weighted by molar-refractivity contribution is 6.34. The molecule has 6 nitrogen and oxygen atoms in total. The summed E-state index contributed by atoms with van der Waals surface area (Å²) in [6.07, 6.45) is 0.148. The van der Waals surface area contributed by atoms with Gasteiger partial charge in [-0.3, -0.25) is 9.59 Å². The first kappa shape index (κ1) is 25.2. The van der Waals surface area contributed by atoms with Crippen molar-refractivity contribution < 1.29 is 19.1 Å². The molecule has 0 saturated heterocycles. The van der Waals surface area contributed by atoms with Gasteiger partial charge in [0.05, 0.1) is 13.7 Å². The van der Waals surface area contributed by atoms with Crippen LogP contribution >= 0.6 is 34.8 Å². The standard InChI is InChI=1S/C26H23Cl3N2O4/c1-34-22-7-6-20(26(33)31-12-15-8-18(27)11-19(28)9-15)24-17(14-35-25(22)24)10-23(32)30-13-16-4-2-3-5-21(16)29/h2-9,11,17H,10,12-14H2,1H3,(H,30,32)(H,31,33). The zero-order valence-electron chi connectivity index (χ0n) is 18.9. The molecule has 3 aromatic carbocycles. The van der Waals surface area contributed by atoms with Crippen molar-refractivity contribution in [1.82, 2.24) is 10.6 Å². The van der Waals surface area contributed by atoms with Gasteiger partial charge < -0.3 is 20.1 Å². The molecule has 2 N–H and O–H groups in total. The summed E-state index contributed by atoms with van der Waals surface area (Å²) in [6.45, 7) is 0.815. The van der Waals surface area contributed by atoms with Gasteiger partial charge in [0.15, 0.2) is 11.5 Å². The normalized spacial score (nSPS) is 14.1. The molecular weight excluding hydrogens is 511 g/mol. The van der Waals surface area contributed by atoms with Gasteiger partial charge in [-0.15, -0.1) is 0 Å². The van der Waals surface area contributed by atoms with E-state index in [-0.39, 0.29) is 37.3 Å². The van der Waals surface area contributed by atoms with E-state index in [2.05, 4.69) is 10.6 Å². The first-order chi connectivity index (χ1) is 16.9. The maximum atomic E-state index is 13.1. The third kappa shape index (κ3) is 6.01. The van der Waals surface area contributed by atoms with Crippen LogP contribution in [0.1, 0.15) is 39.4 Å². The van der Waals surface area contributed by atoms with Crippen LogP contribution in [0.2, 0.25) is 15.1 Å². The van der Waals surface area contributed by atoms with E-state index in [1.54, 1.807) is 36.4 Å². The second-order valence-corrected chi connectivity index (χ2v) is 9.38. The predicted molar refractivity (Wildman–Crippen MR) is 137 cm³/mol. The molecule has 1 heterocycles. The summed E-state index contributed by atoms with van der Waals surface area (Å²) in [5.41, 5.74) is 2.68. The Morgan fingerprint density at radius 2 is 1.74 bits per heavy atom. The Kier molecular flexibility index (Phi) is 8.06. The summed E-state index contributed by atoms with van der Waals surface area (Å²) in [4.78, 5) is 25.9. The van der Waals surface area contributed by atoms with Gasteiger partial charge >= 0.3 is 0 Å². The fourth-order valence-electron chi connectivity index (χ4n) is 4.04. The molecule has 1 atom stereocenters. The molecule has 2 amide bonds. The molecule has 0 aromatic heterocycles. The van der Waals surface area contributed by atoms with Crippen LogP contribution in [0.4, 0.5) is 0 Å². The lowest BCUT2D eigenvalue weighted by Crippen LogP contribution is -2.27. The van der Waals surface area contributed by atoms with Crippen molar-refractivity contribution in [2.45, 2.75) is 25.4 Å². The molecule has 0 aliphatic carbocycles. The smallest absolute Gasteiger partial charge is 0.251 e. The first-order valence-corrected chi connectivity index (χ1v) is 12.1. The van der Waals surface area contributed by atoms with Gasteiger partial charge in [0.25, 0.3) is 5.91 Å². The van der Waals surface area contributed by atoms with E-state index < -0.39 is 0 Å². The molecule has 3 aromatic rings. The van der Waals surface area contributed by atoms with Crippen molar-refractivity contribution >= 4 is 46.6 Å². The maximum absolute atomic E-state index is 13.1. The average Bonchev–Trinajstić information content (AvgIpc) is 3.24. The lowest BCUT2D eigenvalue weighted by atomic mass is 9.92. The van der Waals surface area contributed by atoms with Crippen LogP contribution in [-0.4, -0.2) is 25.5 Å². The number of ether oxygens (including phenoxy) is 2. The van der Waals surface area contributed by atoms with Crippen molar-refractivity contribution in [3.63, 3.8) is 0 Å². The Morgan fingerprint density at radius 3 is 2.46 bits per heavy atom. The van der Waals surface area contributed by atoms with Crippen LogP contribution in [-0.2, 0) is 17.9 Å². The predicted octanol–water partition coefficient (Wildman–Crippen LogP) is 5.77. The van der Waals surface area contributed by atoms with Gasteiger partial charge in [-0.1, -0.05) is 53.0 Å². The summed E-state index contributed by atoms with van der Waals surface area (Å²) in [5.74, 6) is 0.209. The number of carbonyl (C=O) groups is 2. The van der Waals surface area contributed by atoms with Gasteiger partial charge in [0.1, 0.15) is 0 Å². The Labute approximate surface area is 218 Å². The van der Waals surface area contributed by atoms with Crippen molar-refractivity contribution in [1.29, 1.82) is 0 Å². The first-order valence-electron chi connectivity index (χ1n) is 10.9. The lowest BCUT2D eigenvalue weighted by molar-refractivity contribution is -0.121. The summed E-state index contributed by atoms with van der Waals surface area (Å²) >= 11 is 18.3. The number of methoxy groups -OCH3 is 1. The van der Waals surface area contributed by atoms with Gasteiger partial charge in [0.2, 0.25) is 5.91 Å². The number of hydrogen-bond acceptors (Lipinski definition) is 4. The minimum atomic E-state index is -0.312. The number of hydrogen-bond donors (Lipinski definition) is 2.